The summed E-state index contributed by atoms with van der Waals surface area (Å²) in [4.78, 5) is 2.16. The summed E-state index contributed by atoms with van der Waals surface area (Å²) in [6.07, 6.45) is 10.0. The van der Waals surface area contributed by atoms with Crippen LogP contribution in [0.25, 0.3) is 0 Å². The first-order valence-corrected chi connectivity index (χ1v) is 7.85. The standard InChI is InChI=1S/C17H28N2/c1-19(2)17-12-10-15(11-13-17)14-18-16-8-6-4-3-5-7-9-16/h10-13,16,18H,3-9,14H2,1-2H3/p+1. The average molecular weight is 261 g/mol. The van der Waals surface area contributed by atoms with Crippen LogP contribution < -0.4 is 10.2 Å². The zero-order chi connectivity index (χ0) is 13.5. The van der Waals surface area contributed by atoms with Crippen molar-refractivity contribution in [1.29, 1.82) is 0 Å². The lowest BCUT2D eigenvalue weighted by atomic mass is 9.96. The van der Waals surface area contributed by atoms with E-state index in [0.717, 1.165) is 12.6 Å². The van der Waals surface area contributed by atoms with Crippen molar-refractivity contribution in [1.82, 2.24) is 0 Å². The summed E-state index contributed by atoms with van der Waals surface area (Å²) < 4.78 is 0. The number of rotatable bonds is 4. The Hall–Kier alpha value is -1.02. The molecular formula is C17H29N2+. The molecule has 1 fully saturated rings. The highest BCUT2D eigenvalue weighted by Crippen LogP contribution is 2.15. The molecule has 0 saturated heterocycles. The van der Waals surface area contributed by atoms with Gasteiger partial charge in [-0.1, -0.05) is 31.4 Å². The fourth-order valence-electron chi connectivity index (χ4n) is 2.96. The topological polar surface area (TPSA) is 19.9 Å². The number of hydrogen-bond acceptors (Lipinski definition) is 1. The quantitative estimate of drug-likeness (QED) is 0.883. The largest absolute Gasteiger partial charge is 0.378 e. The van der Waals surface area contributed by atoms with Gasteiger partial charge in [-0.25, -0.2) is 0 Å². The minimum atomic E-state index is 0.855. The van der Waals surface area contributed by atoms with Crippen LogP contribution in [0.1, 0.15) is 50.5 Å². The Kier molecular flexibility index (Phi) is 5.71. The molecular weight excluding hydrogens is 232 g/mol. The predicted molar refractivity (Wildman–Crippen MR) is 82.5 cm³/mol. The van der Waals surface area contributed by atoms with Gasteiger partial charge < -0.3 is 10.2 Å². The maximum Gasteiger partial charge on any atom is 0.101 e. The van der Waals surface area contributed by atoms with Crippen LogP contribution in [-0.4, -0.2) is 20.1 Å². The summed E-state index contributed by atoms with van der Waals surface area (Å²) in [6, 6.07) is 9.85. The van der Waals surface area contributed by atoms with E-state index < -0.39 is 0 Å². The fraction of sp³-hybridized carbons (Fsp3) is 0.647. The third-order valence-electron chi connectivity index (χ3n) is 4.29. The van der Waals surface area contributed by atoms with Crippen molar-refractivity contribution in [2.45, 2.75) is 57.5 Å². The molecule has 19 heavy (non-hydrogen) atoms. The molecule has 1 aliphatic rings. The second-order valence-electron chi connectivity index (χ2n) is 6.11. The lowest BCUT2D eigenvalue weighted by Gasteiger charge is -2.18. The monoisotopic (exact) mass is 261 g/mol. The van der Waals surface area contributed by atoms with E-state index in [4.69, 9.17) is 0 Å². The SMILES string of the molecule is CN(C)c1ccc(C[NH2+]C2CCCCCCC2)cc1. The third-order valence-corrected chi connectivity index (χ3v) is 4.29. The Morgan fingerprint density at radius 1 is 0.947 bits per heavy atom. The maximum absolute atomic E-state index is 2.57. The molecule has 2 N–H and O–H groups in total. The molecule has 2 heteroatoms. The van der Waals surface area contributed by atoms with Crippen molar-refractivity contribution >= 4 is 5.69 Å². The van der Waals surface area contributed by atoms with Gasteiger partial charge in [0.05, 0.1) is 6.04 Å². The van der Waals surface area contributed by atoms with Gasteiger partial charge in [0.1, 0.15) is 6.54 Å². The number of nitrogens with two attached hydrogens (primary N) is 1. The molecule has 0 amide bonds. The molecule has 1 aliphatic carbocycles. The van der Waals surface area contributed by atoms with Crippen LogP contribution in [0, 0.1) is 0 Å². The van der Waals surface area contributed by atoms with Crippen molar-refractivity contribution in [2.24, 2.45) is 0 Å². The zero-order valence-corrected chi connectivity index (χ0v) is 12.6. The Bertz CT molecular complexity index is 348. The van der Waals surface area contributed by atoms with E-state index in [9.17, 15) is 0 Å². The van der Waals surface area contributed by atoms with Gasteiger partial charge in [-0.2, -0.15) is 0 Å². The smallest absolute Gasteiger partial charge is 0.101 e. The van der Waals surface area contributed by atoms with Crippen molar-refractivity contribution in [3.8, 4) is 0 Å². The first-order valence-electron chi connectivity index (χ1n) is 7.85. The van der Waals surface area contributed by atoms with Gasteiger partial charge in [-0.15, -0.1) is 0 Å². The lowest BCUT2D eigenvalue weighted by Crippen LogP contribution is -2.88. The summed E-state index contributed by atoms with van der Waals surface area (Å²) in [5.74, 6) is 0. The van der Waals surface area contributed by atoms with Crippen molar-refractivity contribution in [3.63, 3.8) is 0 Å². The minimum Gasteiger partial charge on any atom is -0.378 e. The van der Waals surface area contributed by atoms with E-state index in [1.54, 1.807) is 0 Å². The van der Waals surface area contributed by atoms with Gasteiger partial charge in [0.2, 0.25) is 0 Å². The molecule has 1 saturated carbocycles. The second-order valence-corrected chi connectivity index (χ2v) is 6.11. The minimum absolute atomic E-state index is 0.855. The molecule has 1 aromatic rings. The average Bonchev–Trinajstić information content (AvgIpc) is 2.38. The summed E-state index contributed by atoms with van der Waals surface area (Å²) >= 11 is 0. The highest BCUT2D eigenvalue weighted by atomic mass is 15.1. The molecule has 2 nitrogen and oxygen atoms in total. The van der Waals surface area contributed by atoms with Crippen LogP contribution in [0.15, 0.2) is 24.3 Å². The van der Waals surface area contributed by atoms with Gasteiger partial charge >= 0.3 is 0 Å². The first kappa shape index (κ1) is 14.4. The van der Waals surface area contributed by atoms with E-state index in [0.29, 0.717) is 0 Å². The number of nitrogens with zero attached hydrogens (tertiary/aromatic N) is 1. The lowest BCUT2D eigenvalue weighted by molar-refractivity contribution is -0.706. The van der Waals surface area contributed by atoms with Crippen molar-refractivity contribution in [3.05, 3.63) is 29.8 Å². The van der Waals surface area contributed by atoms with Gasteiger partial charge in [-0.3, -0.25) is 0 Å². The summed E-state index contributed by atoms with van der Waals surface area (Å²) in [7, 11) is 4.19. The van der Waals surface area contributed by atoms with E-state index >= 15 is 0 Å². The van der Waals surface area contributed by atoms with E-state index in [-0.39, 0.29) is 0 Å². The van der Waals surface area contributed by atoms with Crippen LogP contribution in [0.2, 0.25) is 0 Å². The van der Waals surface area contributed by atoms with Crippen LogP contribution in [0.4, 0.5) is 5.69 Å². The summed E-state index contributed by atoms with van der Waals surface area (Å²) in [6.45, 7) is 1.14. The Balaban J connectivity index is 1.80. The third kappa shape index (κ3) is 4.87. The van der Waals surface area contributed by atoms with Crippen LogP contribution in [-0.2, 0) is 6.54 Å². The Morgan fingerprint density at radius 3 is 2.11 bits per heavy atom. The number of quaternary nitrogens is 1. The van der Waals surface area contributed by atoms with Crippen LogP contribution in [0.3, 0.4) is 0 Å². The first-order chi connectivity index (χ1) is 9.25. The fourth-order valence-corrected chi connectivity index (χ4v) is 2.96. The van der Waals surface area contributed by atoms with Gasteiger partial charge in [0, 0.05) is 25.3 Å². The van der Waals surface area contributed by atoms with Gasteiger partial charge in [0.15, 0.2) is 0 Å². The van der Waals surface area contributed by atoms with Gasteiger partial charge in [0.25, 0.3) is 0 Å². The van der Waals surface area contributed by atoms with E-state index in [2.05, 4.69) is 48.6 Å². The van der Waals surface area contributed by atoms with Gasteiger partial charge in [-0.05, 0) is 37.8 Å². The predicted octanol–water partition coefficient (Wildman–Crippen LogP) is 2.93. The highest BCUT2D eigenvalue weighted by Gasteiger charge is 2.13. The molecule has 0 spiro atoms. The molecule has 0 unspecified atom stereocenters. The number of hydrogen-bond donors (Lipinski definition) is 1. The molecule has 106 valence electrons. The Labute approximate surface area is 118 Å². The summed E-state index contributed by atoms with van der Waals surface area (Å²) in [5, 5.41) is 2.57. The molecule has 0 radical (unpaired) electrons. The van der Waals surface area contributed by atoms with E-state index in [1.807, 2.05) is 0 Å². The Morgan fingerprint density at radius 2 is 1.53 bits per heavy atom. The van der Waals surface area contributed by atoms with Crippen molar-refractivity contribution < 1.29 is 5.32 Å². The second kappa shape index (κ2) is 7.54. The molecule has 0 aliphatic heterocycles. The molecule has 0 atom stereocenters. The number of anilines is 1. The molecule has 0 heterocycles. The van der Waals surface area contributed by atoms with E-state index in [1.165, 1.54) is 56.2 Å². The van der Waals surface area contributed by atoms with Crippen molar-refractivity contribution in [2.75, 3.05) is 19.0 Å². The normalized spacial score (nSPS) is 17.8. The zero-order valence-electron chi connectivity index (χ0n) is 12.6. The molecule has 0 bridgehead atoms. The number of benzene rings is 1. The van der Waals surface area contributed by atoms with Crippen LogP contribution >= 0.6 is 0 Å². The molecule has 1 aromatic carbocycles. The maximum atomic E-state index is 2.57. The molecule has 0 aromatic heterocycles. The highest BCUT2D eigenvalue weighted by molar-refractivity contribution is 5.45. The van der Waals surface area contributed by atoms with Crippen LogP contribution in [0.5, 0.6) is 0 Å². The summed E-state index contributed by atoms with van der Waals surface area (Å²) in [5.41, 5.74) is 2.74. The molecule has 2 rings (SSSR count).